The Morgan fingerprint density at radius 1 is 1.33 bits per heavy atom. The topological polar surface area (TPSA) is 102 Å². The van der Waals surface area contributed by atoms with Gasteiger partial charge in [-0.05, 0) is 12.1 Å². The van der Waals surface area contributed by atoms with Crippen LogP contribution in [-0.4, -0.2) is 51.9 Å². The third-order valence-corrected chi connectivity index (χ3v) is 4.64. The van der Waals surface area contributed by atoms with Crippen LogP contribution >= 0.6 is 0 Å². The molecule has 0 atom stereocenters. The second-order valence-corrected chi connectivity index (χ2v) is 6.30. The molecule has 1 aromatic carbocycles. The van der Waals surface area contributed by atoms with Crippen molar-refractivity contribution in [3.8, 4) is 6.07 Å². The lowest BCUT2D eigenvalue weighted by molar-refractivity contribution is -0.130. The maximum Gasteiger partial charge on any atom is 0.242 e. The highest BCUT2D eigenvalue weighted by atomic mass is 32.2. The van der Waals surface area contributed by atoms with E-state index in [-0.39, 0.29) is 22.9 Å². The zero-order chi connectivity index (χ0) is 15.3. The molecular formula is C13H16N4O3S. The zero-order valence-corrected chi connectivity index (χ0v) is 12.2. The molecule has 2 N–H and O–H groups in total. The van der Waals surface area contributed by atoms with Gasteiger partial charge in [0, 0.05) is 26.2 Å². The van der Waals surface area contributed by atoms with Crippen LogP contribution in [0.5, 0.6) is 0 Å². The number of nitriles is 1. The molecular weight excluding hydrogens is 292 g/mol. The number of piperazine rings is 1. The molecule has 21 heavy (non-hydrogen) atoms. The number of nitrogens with one attached hydrogen (secondary N) is 2. The maximum absolute atomic E-state index is 12.2. The highest BCUT2D eigenvalue weighted by Crippen LogP contribution is 2.13. The highest BCUT2D eigenvalue weighted by molar-refractivity contribution is 7.89. The minimum absolute atomic E-state index is 0.0552. The van der Waals surface area contributed by atoms with Crippen molar-refractivity contribution in [2.24, 2.45) is 0 Å². The van der Waals surface area contributed by atoms with Gasteiger partial charge in [-0.2, -0.15) is 5.26 Å². The van der Waals surface area contributed by atoms with Gasteiger partial charge in [0.2, 0.25) is 15.9 Å². The number of carbonyl (C=O) groups excluding carboxylic acids is 1. The van der Waals surface area contributed by atoms with Crippen LogP contribution in [0, 0.1) is 11.3 Å². The van der Waals surface area contributed by atoms with Crippen LogP contribution in [0.15, 0.2) is 29.2 Å². The van der Waals surface area contributed by atoms with E-state index in [0.717, 1.165) is 0 Å². The Morgan fingerprint density at radius 3 is 2.67 bits per heavy atom. The summed E-state index contributed by atoms with van der Waals surface area (Å²) in [7, 11) is -3.87. The second kappa shape index (κ2) is 6.67. The number of sulfonamides is 1. The van der Waals surface area contributed by atoms with Crippen LogP contribution in [0.3, 0.4) is 0 Å². The summed E-state index contributed by atoms with van der Waals surface area (Å²) in [4.78, 5) is 13.4. The van der Waals surface area contributed by atoms with E-state index in [2.05, 4.69) is 10.0 Å². The molecule has 0 spiro atoms. The minimum atomic E-state index is -3.87. The van der Waals surface area contributed by atoms with Gasteiger partial charge in [-0.25, -0.2) is 13.1 Å². The summed E-state index contributed by atoms with van der Waals surface area (Å²) in [5.41, 5.74) is 0.0552. The first-order valence-corrected chi connectivity index (χ1v) is 8.00. The summed E-state index contributed by atoms with van der Waals surface area (Å²) >= 11 is 0. The first-order valence-electron chi connectivity index (χ1n) is 6.52. The highest BCUT2D eigenvalue weighted by Gasteiger charge is 2.21. The summed E-state index contributed by atoms with van der Waals surface area (Å²) in [6, 6.07) is 7.72. The number of hydrogen-bond acceptors (Lipinski definition) is 5. The number of nitrogens with zero attached hydrogens (tertiary/aromatic N) is 2. The molecule has 0 aliphatic carbocycles. The molecule has 7 nitrogen and oxygen atoms in total. The molecule has 0 aromatic heterocycles. The molecule has 2 rings (SSSR count). The van der Waals surface area contributed by atoms with E-state index >= 15 is 0 Å². The van der Waals surface area contributed by atoms with Crippen LogP contribution in [0.2, 0.25) is 0 Å². The van der Waals surface area contributed by atoms with E-state index in [1.807, 2.05) is 6.07 Å². The molecule has 0 radical (unpaired) electrons. The van der Waals surface area contributed by atoms with Gasteiger partial charge >= 0.3 is 0 Å². The maximum atomic E-state index is 12.2. The lowest BCUT2D eigenvalue weighted by atomic mass is 10.2. The van der Waals surface area contributed by atoms with E-state index in [1.54, 1.807) is 11.0 Å². The predicted molar refractivity (Wildman–Crippen MR) is 75.8 cm³/mol. The van der Waals surface area contributed by atoms with Gasteiger partial charge < -0.3 is 10.2 Å². The normalized spacial score (nSPS) is 15.5. The number of carbonyl (C=O) groups is 1. The molecule has 1 fully saturated rings. The molecule has 1 amide bonds. The molecule has 1 saturated heterocycles. The summed E-state index contributed by atoms with van der Waals surface area (Å²) < 4.78 is 26.6. The lowest BCUT2D eigenvalue weighted by Gasteiger charge is -2.27. The molecule has 112 valence electrons. The first-order chi connectivity index (χ1) is 10.0. The Kier molecular flexibility index (Phi) is 4.90. The van der Waals surface area contributed by atoms with Crippen molar-refractivity contribution < 1.29 is 13.2 Å². The zero-order valence-electron chi connectivity index (χ0n) is 11.4. The molecule has 8 heteroatoms. The molecule has 1 aromatic rings. The van der Waals surface area contributed by atoms with Crippen LogP contribution in [0.4, 0.5) is 0 Å². The Morgan fingerprint density at radius 2 is 2.00 bits per heavy atom. The van der Waals surface area contributed by atoms with Crippen molar-refractivity contribution in [1.82, 2.24) is 14.9 Å². The third-order valence-electron chi connectivity index (χ3n) is 3.18. The fraction of sp³-hybridized carbons (Fsp3) is 0.385. The van der Waals surface area contributed by atoms with E-state index in [0.29, 0.717) is 26.2 Å². The molecule has 1 aliphatic rings. The van der Waals surface area contributed by atoms with Crippen molar-refractivity contribution in [3.05, 3.63) is 29.8 Å². The van der Waals surface area contributed by atoms with Crippen molar-refractivity contribution in [2.75, 3.05) is 32.7 Å². The molecule has 0 bridgehead atoms. The number of rotatable bonds is 4. The number of amides is 1. The van der Waals surface area contributed by atoms with Crippen molar-refractivity contribution in [1.29, 1.82) is 5.26 Å². The van der Waals surface area contributed by atoms with Crippen molar-refractivity contribution >= 4 is 15.9 Å². The largest absolute Gasteiger partial charge is 0.339 e. The minimum Gasteiger partial charge on any atom is -0.339 e. The summed E-state index contributed by atoms with van der Waals surface area (Å²) in [5.74, 6) is -0.269. The Hall–Kier alpha value is -1.95. The van der Waals surface area contributed by atoms with Crippen LogP contribution in [0.1, 0.15) is 5.56 Å². The third kappa shape index (κ3) is 3.78. The van der Waals surface area contributed by atoms with Gasteiger partial charge in [-0.15, -0.1) is 0 Å². The van der Waals surface area contributed by atoms with E-state index in [1.165, 1.54) is 18.2 Å². The van der Waals surface area contributed by atoms with Crippen LogP contribution < -0.4 is 10.0 Å². The number of benzene rings is 1. The van der Waals surface area contributed by atoms with E-state index < -0.39 is 10.0 Å². The molecule has 1 aliphatic heterocycles. The van der Waals surface area contributed by atoms with Gasteiger partial charge in [0.15, 0.2) is 0 Å². The SMILES string of the molecule is N#Cc1ccccc1S(=O)(=O)NCC(=O)N1CCNCC1. The molecule has 0 saturated carbocycles. The lowest BCUT2D eigenvalue weighted by Crippen LogP contribution is -2.49. The predicted octanol–water partition coefficient (Wildman–Crippen LogP) is -0.732. The second-order valence-electron chi connectivity index (χ2n) is 4.56. The summed E-state index contributed by atoms with van der Waals surface area (Å²) in [6.07, 6.45) is 0. The van der Waals surface area contributed by atoms with Gasteiger partial charge in [-0.3, -0.25) is 4.79 Å². The average molecular weight is 308 g/mol. The van der Waals surface area contributed by atoms with Gasteiger partial charge in [0.05, 0.1) is 17.0 Å². The quantitative estimate of drug-likeness (QED) is 0.763. The standard InChI is InChI=1S/C13H16N4O3S/c14-9-11-3-1-2-4-12(11)21(19,20)16-10-13(18)17-7-5-15-6-8-17/h1-4,15-16H,5-8,10H2. The van der Waals surface area contributed by atoms with E-state index in [4.69, 9.17) is 5.26 Å². The van der Waals surface area contributed by atoms with Gasteiger partial charge in [0.1, 0.15) is 6.07 Å². The van der Waals surface area contributed by atoms with Crippen LogP contribution in [-0.2, 0) is 14.8 Å². The van der Waals surface area contributed by atoms with Crippen molar-refractivity contribution in [3.63, 3.8) is 0 Å². The molecule has 1 heterocycles. The smallest absolute Gasteiger partial charge is 0.242 e. The average Bonchev–Trinajstić information content (AvgIpc) is 2.53. The fourth-order valence-corrected chi connectivity index (χ4v) is 3.18. The Bertz CT molecular complexity index is 660. The fourth-order valence-electron chi connectivity index (χ4n) is 2.05. The van der Waals surface area contributed by atoms with Gasteiger partial charge in [-0.1, -0.05) is 12.1 Å². The number of hydrogen-bond donors (Lipinski definition) is 2. The Labute approximate surface area is 123 Å². The summed E-state index contributed by atoms with van der Waals surface area (Å²) in [6.45, 7) is 2.23. The Balaban J connectivity index is 2.04. The molecule has 0 unspecified atom stereocenters. The monoisotopic (exact) mass is 308 g/mol. The first kappa shape index (κ1) is 15.4. The van der Waals surface area contributed by atoms with Crippen molar-refractivity contribution in [2.45, 2.75) is 4.90 Å². The van der Waals surface area contributed by atoms with Gasteiger partial charge in [0.25, 0.3) is 0 Å². The summed E-state index contributed by atoms with van der Waals surface area (Å²) in [5, 5.41) is 12.1. The van der Waals surface area contributed by atoms with E-state index in [9.17, 15) is 13.2 Å². The van der Waals surface area contributed by atoms with Crippen LogP contribution in [0.25, 0.3) is 0 Å².